The third-order valence-electron chi connectivity index (χ3n) is 2.60. The first-order chi connectivity index (χ1) is 9.87. The van der Waals surface area contributed by atoms with E-state index in [1.54, 1.807) is 12.1 Å². The molecule has 21 heavy (non-hydrogen) atoms. The third kappa shape index (κ3) is 4.47. The molecule has 1 aromatic carbocycles. The first-order valence-corrected chi connectivity index (χ1v) is 7.96. The molecule has 1 heterocycles. The fourth-order valence-electron chi connectivity index (χ4n) is 1.70. The molecule has 0 spiro atoms. The zero-order valence-electron chi connectivity index (χ0n) is 11.3. The lowest BCUT2D eigenvalue weighted by Gasteiger charge is -2.09. The van der Waals surface area contributed by atoms with Crippen molar-refractivity contribution >= 4 is 21.4 Å². The molecule has 3 N–H and O–H groups in total. The van der Waals surface area contributed by atoms with E-state index in [0.29, 0.717) is 23.8 Å². The molecule has 8 heteroatoms. The molecule has 114 valence electrons. The Kier molecular flexibility index (Phi) is 4.49. The number of anilines is 2. The third-order valence-corrected chi connectivity index (χ3v) is 3.19. The predicted octanol–water partition coefficient (Wildman–Crippen LogP) is 1.89. The number of sulfonamides is 1. The highest BCUT2D eigenvalue weighted by molar-refractivity contribution is 7.92. The molecule has 0 aliphatic heterocycles. The highest BCUT2D eigenvalue weighted by Crippen LogP contribution is 2.21. The van der Waals surface area contributed by atoms with Gasteiger partial charge in [0, 0.05) is 5.69 Å². The maximum atomic E-state index is 13.5. The van der Waals surface area contributed by atoms with Crippen LogP contribution in [0.15, 0.2) is 34.7 Å². The van der Waals surface area contributed by atoms with Gasteiger partial charge in [-0.15, -0.1) is 0 Å². The van der Waals surface area contributed by atoms with E-state index in [1.807, 2.05) is 0 Å². The smallest absolute Gasteiger partial charge is 0.229 e. The second-order valence-electron chi connectivity index (χ2n) is 4.45. The Morgan fingerprint density at radius 2 is 1.95 bits per heavy atom. The van der Waals surface area contributed by atoms with Crippen molar-refractivity contribution < 1.29 is 22.3 Å². The molecule has 2 aromatic rings. The molecule has 0 aliphatic rings. The van der Waals surface area contributed by atoms with Crippen LogP contribution in [0.4, 0.5) is 15.8 Å². The van der Waals surface area contributed by atoms with Crippen molar-refractivity contribution in [1.82, 2.24) is 0 Å². The lowest BCUT2D eigenvalue weighted by atomic mass is 10.2. The maximum Gasteiger partial charge on any atom is 0.229 e. The Bertz CT molecular complexity index is 728. The van der Waals surface area contributed by atoms with Crippen LogP contribution in [0.3, 0.4) is 0 Å². The standard InChI is InChI=1S/C13H15FN2O4S/c1-21(18,19)16-13-6-9(2-5-12(13)14)15-7-10-3-4-11(8-17)20-10/h2-6,15-17H,7-8H2,1H3. The summed E-state index contributed by atoms with van der Waals surface area (Å²) in [7, 11) is -3.55. The molecular formula is C13H15FN2O4S. The summed E-state index contributed by atoms with van der Waals surface area (Å²) in [6.07, 6.45) is 0.950. The van der Waals surface area contributed by atoms with Crippen LogP contribution in [0.1, 0.15) is 11.5 Å². The summed E-state index contributed by atoms with van der Waals surface area (Å²) in [6.45, 7) is 0.142. The predicted molar refractivity (Wildman–Crippen MR) is 76.8 cm³/mol. The number of nitrogens with one attached hydrogen (secondary N) is 2. The monoisotopic (exact) mass is 314 g/mol. The van der Waals surface area contributed by atoms with Crippen molar-refractivity contribution in [1.29, 1.82) is 0 Å². The van der Waals surface area contributed by atoms with Gasteiger partial charge in [-0.3, -0.25) is 4.72 Å². The van der Waals surface area contributed by atoms with Crippen LogP contribution in [0, 0.1) is 5.82 Å². The van der Waals surface area contributed by atoms with E-state index < -0.39 is 15.8 Å². The number of halogens is 1. The molecule has 0 saturated heterocycles. The number of rotatable bonds is 6. The minimum atomic E-state index is -3.55. The van der Waals surface area contributed by atoms with Gasteiger partial charge in [0.1, 0.15) is 23.9 Å². The molecule has 2 rings (SSSR count). The number of hydrogen-bond donors (Lipinski definition) is 3. The Morgan fingerprint density at radius 3 is 2.57 bits per heavy atom. The van der Waals surface area contributed by atoms with Crippen LogP contribution in [0.25, 0.3) is 0 Å². The van der Waals surface area contributed by atoms with Crippen LogP contribution in [-0.2, 0) is 23.2 Å². The van der Waals surface area contributed by atoms with E-state index >= 15 is 0 Å². The lowest BCUT2D eigenvalue weighted by Crippen LogP contribution is -2.11. The summed E-state index contributed by atoms with van der Waals surface area (Å²) >= 11 is 0. The van der Waals surface area contributed by atoms with Crippen molar-refractivity contribution in [2.45, 2.75) is 13.2 Å². The highest BCUT2D eigenvalue weighted by atomic mass is 32.2. The van der Waals surface area contributed by atoms with Gasteiger partial charge < -0.3 is 14.8 Å². The van der Waals surface area contributed by atoms with Crippen molar-refractivity contribution in [2.75, 3.05) is 16.3 Å². The van der Waals surface area contributed by atoms with Gasteiger partial charge >= 0.3 is 0 Å². The second-order valence-corrected chi connectivity index (χ2v) is 6.20. The van der Waals surface area contributed by atoms with Gasteiger partial charge in [-0.05, 0) is 30.3 Å². The minimum Gasteiger partial charge on any atom is -0.462 e. The van der Waals surface area contributed by atoms with Crippen molar-refractivity contribution in [3.63, 3.8) is 0 Å². The van der Waals surface area contributed by atoms with Crippen molar-refractivity contribution in [2.24, 2.45) is 0 Å². The maximum absolute atomic E-state index is 13.5. The first kappa shape index (κ1) is 15.3. The molecule has 0 saturated carbocycles. The average Bonchev–Trinajstić information content (AvgIpc) is 2.86. The van der Waals surface area contributed by atoms with Gasteiger partial charge in [-0.2, -0.15) is 0 Å². The van der Waals surface area contributed by atoms with E-state index in [2.05, 4.69) is 10.0 Å². The Morgan fingerprint density at radius 1 is 1.24 bits per heavy atom. The van der Waals surface area contributed by atoms with E-state index in [1.165, 1.54) is 12.1 Å². The lowest BCUT2D eigenvalue weighted by molar-refractivity contribution is 0.244. The Labute approximate surface area is 121 Å². The number of aliphatic hydroxyl groups is 1. The highest BCUT2D eigenvalue weighted by Gasteiger charge is 2.09. The van der Waals surface area contributed by atoms with E-state index in [-0.39, 0.29) is 12.3 Å². The largest absolute Gasteiger partial charge is 0.462 e. The average molecular weight is 314 g/mol. The van der Waals surface area contributed by atoms with Crippen LogP contribution in [0.5, 0.6) is 0 Å². The number of furan rings is 1. The topological polar surface area (TPSA) is 91.6 Å². The first-order valence-electron chi connectivity index (χ1n) is 6.07. The zero-order chi connectivity index (χ0) is 15.5. The zero-order valence-corrected chi connectivity index (χ0v) is 12.1. The van der Waals surface area contributed by atoms with Crippen molar-refractivity contribution in [3.8, 4) is 0 Å². The number of benzene rings is 1. The molecule has 1 aromatic heterocycles. The van der Waals surface area contributed by atoms with Gasteiger partial charge in [-0.1, -0.05) is 0 Å². The molecule has 0 amide bonds. The molecule has 0 fully saturated rings. The summed E-state index contributed by atoms with van der Waals surface area (Å²) in [4.78, 5) is 0. The quantitative estimate of drug-likeness (QED) is 0.757. The van der Waals surface area contributed by atoms with Gasteiger partial charge in [0.2, 0.25) is 10.0 Å². The molecule has 6 nitrogen and oxygen atoms in total. The molecule has 0 radical (unpaired) electrons. The van der Waals surface area contributed by atoms with Crippen LogP contribution in [-0.4, -0.2) is 19.8 Å². The molecule has 0 atom stereocenters. The van der Waals surface area contributed by atoms with Gasteiger partial charge in [0.15, 0.2) is 0 Å². The summed E-state index contributed by atoms with van der Waals surface area (Å²) < 4.78 is 43.2. The van der Waals surface area contributed by atoms with Crippen LogP contribution in [0.2, 0.25) is 0 Å². The second kappa shape index (κ2) is 6.15. The minimum absolute atomic E-state index is 0.127. The molecular weight excluding hydrogens is 299 g/mol. The van der Waals surface area contributed by atoms with Gasteiger partial charge in [0.05, 0.1) is 18.5 Å². The fourth-order valence-corrected chi connectivity index (χ4v) is 2.26. The van der Waals surface area contributed by atoms with E-state index in [9.17, 15) is 12.8 Å². The number of aliphatic hydroxyl groups excluding tert-OH is 1. The van der Waals surface area contributed by atoms with Crippen LogP contribution < -0.4 is 10.0 Å². The summed E-state index contributed by atoms with van der Waals surface area (Å²) in [5.74, 6) is 0.387. The SMILES string of the molecule is CS(=O)(=O)Nc1cc(NCc2ccc(CO)o2)ccc1F. The van der Waals surface area contributed by atoms with E-state index in [0.717, 1.165) is 12.3 Å². The molecule has 0 aliphatic carbocycles. The van der Waals surface area contributed by atoms with Gasteiger partial charge in [-0.25, -0.2) is 12.8 Å². The summed E-state index contributed by atoms with van der Waals surface area (Å²) in [6, 6.07) is 7.36. The molecule has 0 unspecified atom stereocenters. The summed E-state index contributed by atoms with van der Waals surface area (Å²) in [5.41, 5.74) is 0.405. The fraction of sp³-hybridized carbons (Fsp3) is 0.231. The Hall–Kier alpha value is -2.06. The van der Waals surface area contributed by atoms with Gasteiger partial charge in [0.25, 0.3) is 0 Å². The summed E-state index contributed by atoms with van der Waals surface area (Å²) in [5, 5.41) is 11.9. The number of hydrogen-bond acceptors (Lipinski definition) is 5. The van der Waals surface area contributed by atoms with Crippen LogP contribution >= 0.6 is 0 Å². The normalized spacial score (nSPS) is 11.4. The van der Waals surface area contributed by atoms with Crippen molar-refractivity contribution in [3.05, 3.63) is 47.7 Å². The Balaban J connectivity index is 2.08. The molecule has 0 bridgehead atoms. The van der Waals surface area contributed by atoms with E-state index in [4.69, 9.17) is 9.52 Å².